The van der Waals surface area contributed by atoms with Crippen molar-refractivity contribution in [2.45, 2.75) is 0 Å². The van der Waals surface area contributed by atoms with Crippen molar-refractivity contribution in [1.29, 1.82) is 0 Å². The Kier molecular flexibility index (Phi) is 1.76. The summed E-state index contributed by atoms with van der Waals surface area (Å²) >= 11 is 0. The lowest BCUT2D eigenvalue weighted by molar-refractivity contribution is 0.552. The van der Waals surface area contributed by atoms with Crippen LogP contribution in [0.1, 0.15) is 0 Å². The lowest BCUT2D eigenvalue weighted by Crippen LogP contribution is -1.77. The summed E-state index contributed by atoms with van der Waals surface area (Å²) in [7, 11) is 0.173. The van der Waals surface area contributed by atoms with E-state index in [1.165, 1.54) is 0 Å². The zero-order chi connectivity index (χ0) is 3.58. The van der Waals surface area contributed by atoms with Crippen molar-refractivity contribution in [1.82, 2.24) is 0 Å². The summed E-state index contributed by atoms with van der Waals surface area (Å²) in [6, 6.07) is 0. The molecule has 2 nitrogen and oxygen atoms in total. The van der Waals surface area contributed by atoms with Crippen LogP contribution < -0.4 is 0 Å². The third kappa shape index (κ3) is 38.3. The van der Waals surface area contributed by atoms with E-state index in [-0.39, 0.29) is 0 Å². The molecule has 0 aromatic carbocycles. The summed E-state index contributed by atoms with van der Waals surface area (Å²) in [6.45, 7) is 0. The third-order valence-electron chi connectivity index (χ3n) is 0. The van der Waals surface area contributed by atoms with Gasteiger partial charge in [0.15, 0.2) is 0 Å². The van der Waals surface area contributed by atoms with E-state index in [0.717, 1.165) is 0 Å². The first-order chi connectivity index (χ1) is 1.73. The molecule has 1 unspecified atom stereocenters. The first-order valence-corrected chi connectivity index (χ1v) is 2.84. The van der Waals surface area contributed by atoms with Gasteiger partial charge in [-0.05, 0) is 0 Å². The van der Waals surface area contributed by atoms with Gasteiger partial charge in [0, 0.05) is 0 Å². The maximum absolute atomic E-state index is 8.91. The van der Waals surface area contributed by atoms with Crippen LogP contribution in [0.4, 0.5) is 0 Å². The van der Waals surface area contributed by atoms with Crippen LogP contribution >= 0.6 is 0 Å². The maximum atomic E-state index is 8.91. The fraction of sp³-hybridized carbons (Fsp3) is 0. The van der Waals surface area contributed by atoms with Gasteiger partial charge in [0.05, 0.1) is 0 Å². The Morgan fingerprint density at radius 1 is 2.00 bits per heavy atom. The predicted octanol–water partition coefficient (Wildman–Crippen LogP) is -1.05. The van der Waals surface area contributed by atoms with E-state index in [1.54, 1.807) is 0 Å². The van der Waals surface area contributed by atoms with Crippen LogP contribution in [-0.4, -0.2) is 18.2 Å². The lowest BCUT2D eigenvalue weighted by atomic mass is 15.9. The molecule has 0 bridgehead atoms. The van der Waals surface area contributed by atoms with Crippen molar-refractivity contribution < 1.29 is 8.76 Å². The molecule has 0 aliphatic carbocycles. The van der Waals surface area contributed by atoms with Crippen LogP contribution in [0, 0.1) is 0 Å². The molecular weight excluding hydrogens is 92.2 g/mol. The van der Waals surface area contributed by atoms with Crippen LogP contribution in [-0.2, 0) is 10.5 Å². The van der Waals surface area contributed by atoms with Crippen LogP contribution in [0.25, 0.3) is 0 Å². The number of rotatable bonds is 0. The standard InChI is InChI=1S/HO2SSi/c1-3(2)4/h(H,1,2)/p-1. The summed E-state index contributed by atoms with van der Waals surface area (Å²) in [5.74, 6) is 0. The molecule has 0 aromatic heterocycles. The van der Waals surface area contributed by atoms with Crippen molar-refractivity contribution in [2.24, 2.45) is 0 Å². The lowest BCUT2D eigenvalue weighted by Gasteiger charge is -1.84. The third-order valence-corrected chi connectivity index (χ3v) is 0. The van der Waals surface area contributed by atoms with Crippen molar-refractivity contribution in [3.8, 4) is 0 Å². The van der Waals surface area contributed by atoms with Gasteiger partial charge in [-0.25, -0.2) is 0 Å². The van der Waals surface area contributed by atoms with Gasteiger partial charge in [0.2, 0.25) is 0 Å². The van der Waals surface area contributed by atoms with Crippen LogP contribution in [0.3, 0.4) is 0 Å². The van der Waals surface area contributed by atoms with Crippen molar-refractivity contribution in [3.63, 3.8) is 0 Å². The second-order valence-electron chi connectivity index (χ2n) is 0.235. The quantitative estimate of drug-likeness (QED) is 0.282. The molecule has 4 heavy (non-hydrogen) atoms. The average molecular weight is 92.2 g/mol. The minimum absolute atomic E-state index is 2.06. The molecule has 0 N–H and O–H groups in total. The second-order valence-corrected chi connectivity index (χ2v) is 1.70. The molecule has 0 aromatic rings. The molecule has 0 heterocycles. The second kappa shape index (κ2) is 1.63. The Labute approximate surface area is 29.6 Å². The molecule has 0 aliphatic heterocycles. The smallest absolute Gasteiger partial charge is 0.147 e. The van der Waals surface area contributed by atoms with Gasteiger partial charge in [-0.15, -0.1) is 0 Å². The molecule has 1 atom stereocenters. The Morgan fingerprint density at radius 3 is 2.00 bits per heavy atom. The van der Waals surface area contributed by atoms with Crippen LogP contribution in [0.5, 0.6) is 0 Å². The van der Waals surface area contributed by atoms with Crippen LogP contribution in [0.2, 0.25) is 0 Å². The molecule has 4 heteroatoms. The van der Waals surface area contributed by atoms with E-state index < -0.39 is 10.5 Å². The van der Waals surface area contributed by atoms with E-state index in [9.17, 15) is 0 Å². The highest BCUT2D eigenvalue weighted by Crippen LogP contribution is 1.41. The molecule has 23 valence electrons. The Balaban J connectivity index is 2.80. The largest absolute Gasteiger partial charge is 0.778 e. The van der Waals surface area contributed by atoms with Crippen LogP contribution in [0.15, 0.2) is 0 Å². The van der Waals surface area contributed by atoms with Crippen molar-refractivity contribution in [2.75, 3.05) is 0 Å². The molecule has 0 aliphatic rings. The van der Waals surface area contributed by atoms with Gasteiger partial charge in [-0.1, -0.05) is 10.5 Å². The zero-order valence-electron chi connectivity index (χ0n) is 1.72. The summed E-state index contributed by atoms with van der Waals surface area (Å²) in [5.41, 5.74) is 0. The minimum Gasteiger partial charge on any atom is -0.778 e. The highest BCUT2D eigenvalue weighted by Gasteiger charge is 1.43. The molecule has 0 saturated carbocycles. The van der Waals surface area contributed by atoms with Gasteiger partial charge < -0.3 is 4.55 Å². The van der Waals surface area contributed by atoms with E-state index in [4.69, 9.17) is 8.76 Å². The Hall–Kier alpha value is 0.327. The van der Waals surface area contributed by atoms with Crippen molar-refractivity contribution >= 4 is 19.9 Å². The fourth-order valence-electron chi connectivity index (χ4n) is 0. The Bertz CT molecular complexity index is 29.0. The predicted molar refractivity (Wildman–Crippen MR) is 14.7 cm³/mol. The van der Waals surface area contributed by atoms with Crippen molar-refractivity contribution in [3.05, 3.63) is 0 Å². The SMILES string of the molecule is O=S([O-])[Si]. The van der Waals surface area contributed by atoms with E-state index in [2.05, 4.69) is 9.39 Å². The highest BCUT2D eigenvalue weighted by molar-refractivity contribution is 8.01. The topological polar surface area (TPSA) is 40.1 Å². The normalized spacial score (nSPS) is 15.5. The maximum Gasteiger partial charge on any atom is 0.147 e. The molecule has 0 amide bonds. The monoisotopic (exact) mass is 91.9 g/mol. The van der Waals surface area contributed by atoms with Gasteiger partial charge >= 0.3 is 0 Å². The fourth-order valence-corrected chi connectivity index (χ4v) is 0. The molecule has 0 saturated heterocycles. The number of hydrogen-bond donors (Lipinski definition) is 0. The first kappa shape index (κ1) is 4.33. The summed E-state index contributed by atoms with van der Waals surface area (Å²) in [5, 5.41) is 0. The van der Waals surface area contributed by atoms with E-state index >= 15 is 0 Å². The minimum atomic E-state index is -2.06. The molecule has 0 spiro atoms. The molecule has 0 rings (SSSR count). The average Bonchev–Trinajstić information content (AvgIpc) is 0.811. The van der Waals surface area contributed by atoms with Gasteiger partial charge in [-0.3, -0.25) is 4.21 Å². The summed E-state index contributed by atoms with van der Waals surface area (Å²) in [4.78, 5) is 0. The summed E-state index contributed by atoms with van der Waals surface area (Å²) < 4.78 is 17.8. The zero-order valence-corrected chi connectivity index (χ0v) is 3.54. The van der Waals surface area contributed by atoms with Gasteiger partial charge in [-0.2, -0.15) is 0 Å². The van der Waals surface area contributed by atoms with E-state index in [1.807, 2.05) is 0 Å². The molecule has 0 fully saturated rings. The van der Waals surface area contributed by atoms with Gasteiger partial charge in [0.1, 0.15) is 9.39 Å². The van der Waals surface area contributed by atoms with E-state index in [0.29, 0.717) is 0 Å². The number of hydrogen-bond acceptors (Lipinski definition) is 2. The van der Waals surface area contributed by atoms with Gasteiger partial charge in [0.25, 0.3) is 0 Å². The highest BCUT2D eigenvalue weighted by atomic mass is 32.4. The Morgan fingerprint density at radius 2 is 2.00 bits per heavy atom. The molecular formula is O2SSi-. The molecule has 3 radical (unpaired) electrons. The first-order valence-electron chi connectivity index (χ1n) is 0.537. The summed E-state index contributed by atoms with van der Waals surface area (Å²) in [6.07, 6.45) is 0.